The Labute approximate surface area is 160 Å². The van der Waals surface area contributed by atoms with E-state index in [0.717, 1.165) is 5.56 Å². The molecule has 0 saturated carbocycles. The third-order valence-corrected chi connectivity index (χ3v) is 4.86. The Hall–Kier alpha value is -2.66. The average Bonchev–Trinajstić information content (AvgIpc) is 2.68. The summed E-state index contributed by atoms with van der Waals surface area (Å²) in [5.41, 5.74) is 0.719. The Bertz CT molecular complexity index is 775. The highest BCUT2D eigenvalue weighted by Crippen LogP contribution is 2.29. The van der Waals surface area contributed by atoms with Crippen molar-refractivity contribution in [3.05, 3.63) is 71.3 Å². The van der Waals surface area contributed by atoms with Crippen LogP contribution in [0, 0.1) is 0 Å². The van der Waals surface area contributed by atoms with Crippen LogP contribution >= 0.6 is 0 Å². The lowest BCUT2D eigenvalue weighted by atomic mass is 9.85. The van der Waals surface area contributed by atoms with Crippen LogP contribution in [0.25, 0.3) is 0 Å². The molecule has 2 unspecified atom stereocenters. The Morgan fingerprint density at radius 1 is 1.07 bits per heavy atom. The van der Waals surface area contributed by atoms with Gasteiger partial charge in [-0.15, -0.1) is 0 Å². The Morgan fingerprint density at radius 2 is 1.74 bits per heavy atom. The maximum absolute atomic E-state index is 12.7. The number of carbonyl (C=O) groups is 2. The molecular weight excluding hydrogens is 342 g/mol. The summed E-state index contributed by atoms with van der Waals surface area (Å²) >= 11 is 0. The lowest BCUT2D eigenvalue weighted by Crippen LogP contribution is -2.43. The zero-order chi connectivity index (χ0) is 19.9. The predicted octanol–water partition coefficient (Wildman–Crippen LogP) is 3.97. The van der Waals surface area contributed by atoms with Crippen molar-refractivity contribution in [1.82, 2.24) is 5.32 Å². The number of aliphatic hydroxyl groups is 1. The van der Waals surface area contributed by atoms with Gasteiger partial charge in [0.2, 0.25) is 0 Å². The average molecular weight is 369 g/mol. The topological polar surface area (TPSA) is 86.6 Å². The molecule has 0 spiro atoms. The molecule has 2 aromatic carbocycles. The summed E-state index contributed by atoms with van der Waals surface area (Å²) in [5.74, 6) is -1.22. The summed E-state index contributed by atoms with van der Waals surface area (Å²) in [7, 11) is 0. The fraction of sp³-hybridized carbons (Fsp3) is 0.364. The largest absolute Gasteiger partial charge is 0.478 e. The number of amides is 1. The van der Waals surface area contributed by atoms with Crippen molar-refractivity contribution in [2.75, 3.05) is 0 Å². The predicted molar refractivity (Wildman–Crippen MR) is 105 cm³/mol. The van der Waals surface area contributed by atoms with Gasteiger partial charge in [0.1, 0.15) is 0 Å². The van der Waals surface area contributed by atoms with Crippen LogP contribution in [0.5, 0.6) is 0 Å². The maximum Gasteiger partial charge on any atom is 0.335 e. The quantitative estimate of drug-likeness (QED) is 0.624. The number of benzene rings is 2. The Morgan fingerprint density at radius 3 is 2.37 bits per heavy atom. The van der Waals surface area contributed by atoms with Gasteiger partial charge in [0, 0.05) is 5.56 Å². The van der Waals surface area contributed by atoms with Gasteiger partial charge in [-0.25, -0.2) is 4.79 Å². The molecule has 144 valence electrons. The second-order valence-electron chi connectivity index (χ2n) is 6.99. The summed E-state index contributed by atoms with van der Waals surface area (Å²) < 4.78 is 0. The van der Waals surface area contributed by atoms with E-state index < -0.39 is 11.5 Å². The number of carboxylic acid groups (broad SMARTS) is 1. The van der Waals surface area contributed by atoms with Gasteiger partial charge in [0.15, 0.2) is 0 Å². The van der Waals surface area contributed by atoms with Crippen LogP contribution in [-0.4, -0.2) is 28.2 Å². The smallest absolute Gasteiger partial charge is 0.335 e. The van der Waals surface area contributed by atoms with Crippen LogP contribution in [0.4, 0.5) is 0 Å². The summed E-state index contributed by atoms with van der Waals surface area (Å²) in [6, 6.07) is 15.6. The number of rotatable bonds is 9. The third kappa shape index (κ3) is 5.66. The minimum atomic E-state index is -1.00. The summed E-state index contributed by atoms with van der Waals surface area (Å²) in [6.07, 6.45) is 2.24. The van der Waals surface area contributed by atoms with Crippen LogP contribution in [0.15, 0.2) is 54.6 Å². The van der Waals surface area contributed by atoms with Crippen LogP contribution in [0.3, 0.4) is 0 Å². The highest BCUT2D eigenvalue weighted by molar-refractivity contribution is 5.94. The van der Waals surface area contributed by atoms with Crippen LogP contribution in [-0.2, 0) is 5.54 Å². The molecule has 2 atom stereocenters. The van der Waals surface area contributed by atoms with Gasteiger partial charge in [0.25, 0.3) is 5.91 Å². The Balaban J connectivity index is 2.28. The van der Waals surface area contributed by atoms with Gasteiger partial charge in [-0.05, 0) is 62.4 Å². The van der Waals surface area contributed by atoms with Crippen LogP contribution in [0.2, 0.25) is 0 Å². The van der Waals surface area contributed by atoms with Gasteiger partial charge in [0.05, 0.1) is 17.2 Å². The number of carboxylic acids is 1. The van der Waals surface area contributed by atoms with Gasteiger partial charge in [-0.1, -0.05) is 37.3 Å². The van der Waals surface area contributed by atoms with Gasteiger partial charge in [-0.3, -0.25) is 4.79 Å². The van der Waals surface area contributed by atoms with Gasteiger partial charge < -0.3 is 15.5 Å². The zero-order valence-electron chi connectivity index (χ0n) is 15.8. The zero-order valence-corrected chi connectivity index (χ0v) is 15.8. The molecule has 27 heavy (non-hydrogen) atoms. The number of nitrogens with one attached hydrogen (secondary N) is 1. The van der Waals surface area contributed by atoms with Crippen molar-refractivity contribution in [2.24, 2.45) is 0 Å². The van der Waals surface area contributed by atoms with E-state index in [2.05, 4.69) is 5.32 Å². The highest BCUT2D eigenvalue weighted by Gasteiger charge is 2.29. The molecule has 0 radical (unpaired) electrons. The van der Waals surface area contributed by atoms with E-state index in [1.165, 1.54) is 6.07 Å². The van der Waals surface area contributed by atoms with Gasteiger partial charge >= 0.3 is 5.97 Å². The SMILES string of the molecule is CCC(O)CCCC(C)(NC(=O)c1ccccc1)c1cccc(C(=O)O)c1. The third-order valence-electron chi connectivity index (χ3n) is 4.86. The first-order valence-electron chi connectivity index (χ1n) is 9.25. The minimum Gasteiger partial charge on any atom is -0.478 e. The summed E-state index contributed by atoms with van der Waals surface area (Å²) in [6.45, 7) is 3.82. The van der Waals surface area contributed by atoms with Crippen molar-refractivity contribution in [3.8, 4) is 0 Å². The molecule has 0 heterocycles. The van der Waals surface area contributed by atoms with Crippen molar-refractivity contribution < 1.29 is 19.8 Å². The van der Waals surface area contributed by atoms with E-state index in [4.69, 9.17) is 0 Å². The molecule has 5 heteroatoms. The second-order valence-corrected chi connectivity index (χ2v) is 6.99. The standard InChI is InChI=1S/C22H27NO4/c1-3-19(24)13-8-14-22(2,18-12-7-11-17(15-18)21(26)27)23-20(25)16-9-5-4-6-10-16/h4-7,9-12,15,19,24H,3,8,13-14H2,1-2H3,(H,23,25)(H,26,27). The molecule has 0 aliphatic heterocycles. The first-order valence-corrected chi connectivity index (χ1v) is 9.25. The highest BCUT2D eigenvalue weighted by atomic mass is 16.4. The molecule has 0 aliphatic rings. The molecule has 0 aromatic heterocycles. The van der Waals surface area contributed by atoms with Crippen molar-refractivity contribution in [3.63, 3.8) is 0 Å². The van der Waals surface area contributed by atoms with Gasteiger partial charge in [-0.2, -0.15) is 0 Å². The lowest BCUT2D eigenvalue weighted by Gasteiger charge is -2.32. The molecule has 1 amide bonds. The normalized spacial score (nSPS) is 14.2. The van der Waals surface area contributed by atoms with E-state index in [0.29, 0.717) is 31.2 Å². The fourth-order valence-corrected chi connectivity index (χ4v) is 3.08. The van der Waals surface area contributed by atoms with E-state index in [1.54, 1.807) is 36.4 Å². The fourth-order valence-electron chi connectivity index (χ4n) is 3.08. The monoisotopic (exact) mass is 369 g/mol. The molecule has 0 aliphatic carbocycles. The summed E-state index contributed by atoms with van der Waals surface area (Å²) in [4.78, 5) is 24.1. The first kappa shape index (κ1) is 20.6. The minimum absolute atomic E-state index is 0.182. The molecule has 0 bridgehead atoms. The molecule has 2 aromatic rings. The van der Waals surface area contributed by atoms with E-state index in [9.17, 15) is 19.8 Å². The lowest BCUT2D eigenvalue weighted by molar-refractivity contribution is 0.0696. The number of aromatic carboxylic acids is 1. The first-order chi connectivity index (χ1) is 12.9. The van der Waals surface area contributed by atoms with Crippen molar-refractivity contribution in [2.45, 2.75) is 51.2 Å². The molecule has 0 saturated heterocycles. The molecule has 2 rings (SSSR count). The molecule has 0 fully saturated rings. The molecule has 3 N–H and O–H groups in total. The van der Waals surface area contributed by atoms with Crippen LogP contribution < -0.4 is 5.32 Å². The number of hydrogen-bond acceptors (Lipinski definition) is 3. The van der Waals surface area contributed by atoms with E-state index >= 15 is 0 Å². The number of hydrogen-bond donors (Lipinski definition) is 3. The maximum atomic E-state index is 12.7. The van der Waals surface area contributed by atoms with E-state index in [-0.39, 0.29) is 17.6 Å². The number of carbonyl (C=O) groups excluding carboxylic acids is 1. The van der Waals surface area contributed by atoms with Crippen molar-refractivity contribution in [1.29, 1.82) is 0 Å². The molecule has 5 nitrogen and oxygen atoms in total. The number of aliphatic hydroxyl groups excluding tert-OH is 1. The second kappa shape index (κ2) is 9.33. The van der Waals surface area contributed by atoms with Crippen molar-refractivity contribution >= 4 is 11.9 Å². The van der Waals surface area contributed by atoms with Crippen LogP contribution in [0.1, 0.15) is 65.8 Å². The Kier molecular flexibility index (Phi) is 7.13. The molecular formula is C22H27NO4. The van der Waals surface area contributed by atoms with E-state index in [1.807, 2.05) is 26.0 Å². The summed E-state index contributed by atoms with van der Waals surface area (Å²) in [5, 5.41) is 22.2.